The van der Waals surface area contributed by atoms with Crippen molar-refractivity contribution < 1.29 is 8.78 Å². The van der Waals surface area contributed by atoms with E-state index in [2.05, 4.69) is 5.32 Å². The normalized spacial score (nSPS) is 18.5. The van der Waals surface area contributed by atoms with Crippen molar-refractivity contribution in [3.63, 3.8) is 0 Å². The van der Waals surface area contributed by atoms with E-state index < -0.39 is 11.6 Å². The first kappa shape index (κ1) is 14.7. The lowest BCUT2D eigenvalue weighted by Crippen LogP contribution is -2.30. The van der Waals surface area contributed by atoms with Crippen LogP contribution in [0.4, 0.5) is 8.78 Å². The van der Waals surface area contributed by atoms with Gasteiger partial charge in [-0.25, -0.2) is 8.78 Å². The zero-order chi connectivity index (χ0) is 13.8. The van der Waals surface area contributed by atoms with Crippen molar-refractivity contribution >= 4 is 11.6 Å². The second-order valence-corrected chi connectivity index (χ2v) is 5.63. The van der Waals surface area contributed by atoms with Crippen LogP contribution in [0.15, 0.2) is 12.1 Å². The van der Waals surface area contributed by atoms with Gasteiger partial charge in [0.15, 0.2) is 11.6 Å². The van der Waals surface area contributed by atoms with Crippen molar-refractivity contribution in [1.29, 1.82) is 0 Å². The molecule has 1 atom stereocenters. The fraction of sp³-hybridized carbons (Fsp3) is 0.600. The Hall–Kier alpha value is -0.670. The second-order valence-electron chi connectivity index (χ2n) is 5.22. The van der Waals surface area contributed by atoms with Crippen LogP contribution in [0.25, 0.3) is 0 Å². The summed E-state index contributed by atoms with van der Waals surface area (Å²) in [6.07, 6.45) is 5.91. The Morgan fingerprint density at radius 2 is 1.84 bits per heavy atom. The van der Waals surface area contributed by atoms with Crippen LogP contribution in [0, 0.1) is 17.6 Å². The summed E-state index contributed by atoms with van der Waals surface area (Å²) in [6.45, 7) is 2.81. The Morgan fingerprint density at radius 1 is 1.21 bits per heavy atom. The van der Waals surface area contributed by atoms with E-state index in [1.165, 1.54) is 25.3 Å². The number of rotatable bonds is 4. The van der Waals surface area contributed by atoms with Gasteiger partial charge < -0.3 is 5.32 Å². The fourth-order valence-corrected chi connectivity index (χ4v) is 3.26. The van der Waals surface area contributed by atoms with Gasteiger partial charge in [-0.1, -0.05) is 37.8 Å². The van der Waals surface area contributed by atoms with E-state index in [1.54, 1.807) is 0 Å². The molecule has 1 aliphatic carbocycles. The average Bonchev–Trinajstić information content (AvgIpc) is 2.42. The summed E-state index contributed by atoms with van der Waals surface area (Å²) >= 11 is 6.10. The van der Waals surface area contributed by atoms with Gasteiger partial charge >= 0.3 is 0 Å². The van der Waals surface area contributed by atoms with Crippen LogP contribution in [0.1, 0.15) is 50.6 Å². The van der Waals surface area contributed by atoms with Gasteiger partial charge in [0.05, 0.1) is 0 Å². The molecule has 0 saturated heterocycles. The van der Waals surface area contributed by atoms with Gasteiger partial charge in [-0.15, -0.1) is 0 Å². The van der Waals surface area contributed by atoms with Gasteiger partial charge in [0.1, 0.15) is 0 Å². The molecular weight excluding hydrogens is 268 g/mol. The average molecular weight is 288 g/mol. The third-order valence-corrected chi connectivity index (χ3v) is 4.25. The molecule has 1 saturated carbocycles. The van der Waals surface area contributed by atoms with Crippen LogP contribution in [-0.4, -0.2) is 6.54 Å². The van der Waals surface area contributed by atoms with Crippen LogP contribution in [0.2, 0.25) is 5.02 Å². The molecule has 0 amide bonds. The SMILES string of the molecule is CCNC(c1cc(F)c(F)cc1Cl)C1CCCCC1. The molecule has 0 aliphatic heterocycles. The van der Waals surface area contributed by atoms with Crippen molar-refractivity contribution in [3.05, 3.63) is 34.4 Å². The molecule has 0 aromatic heterocycles. The van der Waals surface area contributed by atoms with Crippen molar-refractivity contribution in [2.24, 2.45) is 5.92 Å². The molecule has 1 unspecified atom stereocenters. The molecule has 1 N–H and O–H groups in total. The van der Waals surface area contributed by atoms with Crippen LogP contribution >= 0.6 is 11.6 Å². The van der Waals surface area contributed by atoms with Gasteiger partial charge in [0.2, 0.25) is 0 Å². The van der Waals surface area contributed by atoms with Crippen molar-refractivity contribution in [2.45, 2.75) is 45.1 Å². The highest BCUT2D eigenvalue weighted by molar-refractivity contribution is 6.31. The molecule has 1 aromatic carbocycles. The number of hydrogen-bond donors (Lipinski definition) is 1. The van der Waals surface area contributed by atoms with E-state index in [4.69, 9.17) is 11.6 Å². The summed E-state index contributed by atoms with van der Waals surface area (Å²) < 4.78 is 26.6. The van der Waals surface area contributed by atoms with Crippen molar-refractivity contribution in [3.8, 4) is 0 Å². The van der Waals surface area contributed by atoms with E-state index >= 15 is 0 Å². The summed E-state index contributed by atoms with van der Waals surface area (Å²) in [5.41, 5.74) is 0.689. The Kier molecular flexibility index (Phi) is 5.17. The Bertz CT molecular complexity index is 430. The first-order chi connectivity index (χ1) is 9.13. The molecule has 4 heteroatoms. The third-order valence-electron chi connectivity index (χ3n) is 3.92. The lowest BCUT2D eigenvalue weighted by molar-refractivity contribution is 0.274. The molecule has 2 rings (SSSR count). The van der Waals surface area contributed by atoms with Gasteiger partial charge in [-0.2, -0.15) is 0 Å². The Labute approximate surface area is 118 Å². The van der Waals surface area contributed by atoms with E-state index in [9.17, 15) is 8.78 Å². The molecule has 1 aromatic rings. The van der Waals surface area contributed by atoms with Gasteiger partial charge in [-0.05, 0) is 43.0 Å². The van der Waals surface area contributed by atoms with Gasteiger partial charge in [0, 0.05) is 11.1 Å². The van der Waals surface area contributed by atoms with E-state index in [0.29, 0.717) is 16.5 Å². The van der Waals surface area contributed by atoms with E-state index in [0.717, 1.165) is 25.5 Å². The number of benzene rings is 1. The summed E-state index contributed by atoms with van der Waals surface area (Å²) in [7, 11) is 0. The minimum atomic E-state index is -0.882. The maximum atomic E-state index is 13.5. The highest BCUT2D eigenvalue weighted by atomic mass is 35.5. The van der Waals surface area contributed by atoms with Gasteiger partial charge in [0.25, 0.3) is 0 Å². The largest absolute Gasteiger partial charge is 0.310 e. The quantitative estimate of drug-likeness (QED) is 0.781. The Balaban J connectivity index is 2.29. The monoisotopic (exact) mass is 287 g/mol. The highest BCUT2D eigenvalue weighted by Gasteiger charge is 2.27. The van der Waals surface area contributed by atoms with Crippen molar-refractivity contribution in [1.82, 2.24) is 5.32 Å². The zero-order valence-corrected chi connectivity index (χ0v) is 11.9. The molecule has 1 nitrogen and oxygen atoms in total. The van der Waals surface area contributed by atoms with Crippen molar-refractivity contribution in [2.75, 3.05) is 6.54 Å². The second kappa shape index (κ2) is 6.67. The lowest BCUT2D eigenvalue weighted by Gasteiger charge is -2.31. The molecule has 0 radical (unpaired) electrons. The first-order valence-electron chi connectivity index (χ1n) is 7.01. The Morgan fingerprint density at radius 3 is 2.47 bits per heavy atom. The third kappa shape index (κ3) is 3.46. The summed E-state index contributed by atoms with van der Waals surface area (Å²) in [5.74, 6) is -1.25. The topological polar surface area (TPSA) is 12.0 Å². The predicted octanol–water partition coefficient (Wildman–Crippen LogP) is 4.85. The molecule has 0 bridgehead atoms. The zero-order valence-electron chi connectivity index (χ0n) is 11.2. The van der Waals surface area contributed by atoms with Crippen LogP contribution in [0.5, 0.6) is 0 Å². The summed E-state index contributed by atoms with van der Waals surface area (Å²) in [4.78, 5) is 0. The molecule has 0 heterocycles. The molecule has 0 spiro atoms. The maximum Gasteiger partial charge on any atom is 0.160 e. The lowest BCUT2D eigenvalue weighted by atomic mass is 9.81. The maximum absolute atomic E-state index is 13.5. The predicted molar refractivity (Wildman–Crippen MR) is 74.4 cm³/mol. The molecule has 1 aliphatic rings. The molecular formula is C15H20ClF2N. The molecule has 1 fully saturated rings. The minimum Gasteiger partial charge on any atom is -0.310 e. The van der Waals surface area contributed by atoms with Crippen LogP contribution < -0.4 is 5.32 Å². The van der Waals surface area contributed by atoms with Gasteiger partial charge in [-0.3, -0.25) is 0 Å². The first-order valence-corrected chi connectivity index (χ1v) is 7.39. The van der Waals surface area contributed by atoms with E-state index in [-0.39, 0.29) is 6.04 Å². The molecule has 106 valence electrons. The summed E-state index contributed by atoms with van der Waals surface area (Å²) in [6, 6.07) is 2.35. The van der Waals surface area contributed by atoms with E-state index in [1.807, 2.05) is 6.92 Å². The smallest absolute Gasteiger partial charge is 0.160 e. The highest BCUT2D eigenvalue weighted by Crippen LogP contribution is 2.37. The summed E-state index contributed by atoms with van der Waals surface area (Å²) in [5, 5.41) is 3.70. The molecule has 19 heavy (non-hydrogen) atoms. The van der Waals surface area contributed by atoms with Crippen LogP contribution in [0.3, 0.4) is 0 Å². The number of halogens is 3. The standard InChI is InChI=1S/C15H20ClF2N/c1-2-19-15(10-6-4-3-5-7-10)11-8-13(17)14(18)9-12(11)16/h8-10,15,19H,2-7H2,1H3. The number of nitrogens with one attached hydrogen (secondary N) is 1. The minimum absolute atomic E-state index is 0.0212. The number of hydrogen-bond acceptors (Lipinski definition) is 1. The fourth-order valence-electron chi connectivity index (χ4n) is 2.99. The van der Waals surface area contributed by atoms with Crippen LogP contribution in [-0.2, 0) is 0 Å².